The molecule has 0 aliphatic carbocycles. The second kappa shape index (κ2) is 9.62. The van der Waals surface area contributed by atoms with Crippen molar-refractivity contribution in [2.75, 3.05) is 17.6 Å². The van der Waals surface area contributed by atoms with E-state index in [4.69, 9.17) is 23.2 Å². The third kappa shape index (κ3) is 6.66. The molecule has 0 saturated carbocycles. The number of rotatable bonds is 8. The molecule has 1 aromatic carbocycles. The van der Waals surface area contributed by atoms with E-state index in [2.05, 4.69) is 34.7 Å². The van der Waals surface area contributed by atoms with E-state index in [0.717, 1.165) is 21.6 Å². The lowest BCUT2D eigenvalue weighted by Gasteiger charge is -2.15. The summed E-state index contributed by atoms with van der Waals surface area (Å²) in [6.07, 6.45) is 0. The lowest BCUT2D eigenvalue weighted by molar-refractivity contribution is -0.119. The van der Waals surface area contributed by atoms with Gasteiger partial charge in [0.1, 0.15) is 0 Å². The minimum atomic E-state index is -0.199. The molecule has 0 radical (unpaired) electrons. The molecule has 0 spiro atoms. The predicted molar refractivity (Wildman–Crippen MR) is 107 cm³/mol. The minimum Gasteiger partial charge on any atom is -0.360 e. The Morgan fingerprint density at radius 3 is 2.72 bits per heavy atom. The molecule has 1 heterocycles. The first-order valence-electron chi connectivity index (χ1n) is 7.79. The molecule has 1 atom stereocenters. The van der Waals surface area contributed by atoms with Gasteiger partial charge in [0.2, 0.25) is 11.0 Å². The van der Waals surface area contributed by atoms with Gasteiger partial charge >= 0.3 is 0 Å². The monoisotopic (exact) mass is 418 g/mol. The Morgan fingerprint density at radius 1 is 1.28 bits per heavy atom. The fourth-order valence-electron chi connectivity index (χ4n) is 1.97. The molecule has 25 heavy (non-hydrogen) atoms. The number of carbonyl (C=O) groups is 1. The number of halogens is 2. The van der Waals surface area contributed by atoms with Crippen molar-refractivity contribution in [2.45, 2.75) is 31.2 Å². The molecule has 2 N–H and O–H groups in total. The van der Waals surface area contributed by atoms with E-state index in [0.29, 0.717) is 16.0 Å². The Morgan fingerprint density at radius 2 is 2.04 bits per heavy atom. The summed E-state index contributed by atoms with van der Waals surface area (Å²) in [4.78, 5) is 12.1. The number of thioether (sulfide) groups is 1. The third-order valence-corrected chi connectivity index (χ3v) is 5.78. The maximum Gasteiger partial charge on any atom is 0.230 e. The second-order valence-corrected chi connectivity index (χ2v) is 8.94. The zero-order valence-electron chi connectivity index (χ0n) is 14.2. The number of nitrogens with zero attached hydrogens (tertiary/aromatic N) is 2. The van der Waals surface area contributed by atoms with Crippen molar-refractivity contribution in [2.24, 2.45) is 5.92 Å². The number of benzene rings is 1. The molecule has 0 saturated heterocycles. The molecule has 0 bridgehead atoms. The summed E-state index contributed by atoms with van der Waals surface area (Å²) in [5.74, 6) is 0.719. The smallest absolute Gasteiger partial charge is 0.230 e. The first-order chi connectivity index (χ1) is 11.8. The minimum absolute atomic E-state index is 0.0876. The van der Waals surface area contributed by atoms with Crippen LogP contribution in [0, 0.1) is 5.92 Å². The number of aromatic nitrogens is 2. The van der Waals surface area contributed by atoms with Gasteiger partial charge in [-0.1, -0.05) is 66.2 Å². The van der Waals surface area contributed by atoms with Gasteiger partial charge in [0.25, 0.3) is 0 Å². The van der Waals surface area contributed by atoms with E-state index < -0.39 is 0 Å². The van der Waals surface area contributed by atoms with Crippen LogP contribution in [0.2, 0.25) is 10.0 Å². The van der Waals surface area contributed by atoms with Crippen LogP contribution < -0.4 is 10.6 Å². The van der Waals surface area contributed by atoms with Gasteiger partial charge in [-0.3, -0.25) is 4.79 Å². The van der Waals surface area contributed by atoms with E-state index in [1.165, 1.54) is 23.1 Å². The first-order valence-corrected chi connectivity index (χ1v) is 10.4. The molecule has 0 unspecified atom stereocenters. The number of hydrogen-bond acceptors (Lipinski definition) is 6. The summed E-state index contributed by atoms with van der Waals surface area (Å²) >= 11 is 14.9. The van der Waals surface area contributed by atoms with Gasteiger partial charge in [0.15, 0.2) is 4.34 Å². The van der Waals surface area contributed by atoms with Crippen LogP contribution in [0.5, 0.6) is 0 Å². The summed E-state index contributed by atoms with van der Waals surface area (Å²) in [5.41, 5.74) is 0.834. The summed E-state index contributed by atoms with van der Waals surface area (Å²) in [6, 6.07) is 5.05. The molecule has 1 aromatic heterocycles. The molecular weight excluding hydrogens is 399 g/mol. The number of nitrogens with one attached hydrogen (secondary N) is 2. The van der Waals surface area contributed by atoms with Crippen LogP contribution in [0.25, 0.3) is 0 Å². The van der Waals surface area contributed by atoms with Crippen molar-refractivity contribution in [3.05, 3.63) is 33.8 Å². The molecule has 1 amide bonds. The van der Waals surface area contributed by atoms with Crippen LogP contribution in [0.1, 0.15) is 32.4 Å². The van der Waals surface area contributed by atoms with E-state index in [9.17, 15) is 4.79 Å². The number of hydrogen-bond donors (Lipinski definition) is 2. The Balaban J connectivity index is 1.82. The van der Waals surface area contributed by atoms with E-state index >= 15 is 0 Å². The van der Waals surface area contributed by atoms with Gasteiger partial charge in [-0.15, -0.1) is 10.2 Å². The van der Waals surface area contributed by atoms with E-state index in [1.807, 2.05) is 13.0 Å². The van der Waals surface area contributed by atoms with Gasteiger partial charge in [0.05, 0.1) is 11.8 Å². The fourth-order valence-corrected chi connectivity index (χ4v) is 4.11. The van der Waals surface area contributed by atoms with Gasteiger partial charge in [-0.05, 0) is 30.5 Å². The normalized spacial score (nSPS) is 12.2. The highest BCUT2D eigenvalue weighted by Crippen LogP contribution is 2.27. The molecule has 0 aliphatic heterocycles. The highest BCUT2D eigenvalue weighted by Gasteiger charge is 2.14. The van der Waals surface area contributed by atoms with Gasteiger partial charge < -0.3 is 10.6 Å². The maximum absolute atomic E-state index is 12.1. The number of amides is 1. The van der Waals surface area contributed by atoms with Crippen LogP contribution in [0.3, 0.4) is 0 Å². The van der Waals surface area contributed by atoms with Crippen LogP contribution in [0.4, 0.5) is 5.13 Å². The molecule has 9 heteroatoms. The van der Waals surface area contributed by atoms with Crippen molar-refractivity contribution in [1.82, 2.24) is 15.5 Å². The quantitative estimate of drug-likeness (QED) is 0.597. The number of anilines is 1. The molecule has 0 fully saturated rings. The standard InChI is InChI=1S/C16H20Cl2N4OS2/c1-9(2)7-19-15-21-22-16(25-15)24-8-14(23)20-10(3)12-5-4-11(17)6-13(12)18/h4-6,9-10H,7-8H2,1-3H3,(H,19,21)(H,20,23)/t10-/m0/s1. The molecular formula is C16H20Cl2N4OS2. The van der Waals surface area contributed by atoms with Gasteiger partial charge in [-0.2, -0.15) is 0 Å². The Labute approximate surface area is 165 Å². The molecule has 0 aliphatic rings. The Kier molecular flexibility index (Phi) is 7.81. The lowest BCUT2D eigenvalue weighted by atomic mass is 10.1. The Hall–Kier alpha value is -1.02. The molecule has 5 nitrogen and oxygen atoms in total. The third-order valence-electron chi connectivity index (χ3n) is 3.20. The summed E-state index contributed by atoms with van der Waals surface area (Å²) < 4.78 is 0.763. The van der Waals surface area contributed by atoms with Crippen LogP contribution in [-0.4, -0.2) is 28.4 Å². The van der Waals surface area contributed by atoms with Crippen molar-refractivity contribution in [3.63, 3.8) is 0 Å². The summed E-state index contributed by atoms with van der Waals surface area (Å²) in [7, 11) is 0. The van der Waals surface area contributed by atoms with Crippen molar-refractivity contribution in [3.8, 4) is 0 Å². The molecule has 2 aromatic rings. The zero-order chi connectivity index (χ0) is 18.4. The molecule has 136 valence electrons. The van der Waals surface area contributed by atoms with Crippen LogP contribution >= 0.6 is 46.3 Å². The maximum atomic E-state index is 12.1. The van der Waals surface area contributed by atoms with Crippen LogP contribution in [-0.2, 0) is 4.79 Å². The molecule has 2 rings (SSSR count). The Bertz CT molecular complexity index is 724. The summed E-state index contributed by atoms with van der Waals surface area (Å²) in [6.45, 7) is 6.99. The first kappa shape index (κ1) is 20.3. The average Bonchev–Trinajstić information content (AvgIpc) is 2.98. The second-order valence-electron chi connectivity index (χ2n) is 5.89. The largest absolute Gasteiger partial charge is 0.360 e. The zero-order valence-corrected chi connectivity index (χ0v) is 17.3. The highest BCUT2D eigenvalue weighted by molar-refractivity contribution is 8.01. The highest BCUT2D eigenvalue weighted by atomic mass is 35.5. The number of carbonyl (C=O) groups excluding carboxylic acids is 1. The van der Waals surface area contributed by atoms with Crippen molar-refractivity contribution < 1.29 is 4.79 Å². The van der Waals surface area contributed by atoms with Crippen LogP contribution in [0.15, 0.2) is 22.5 Å². The topological polar surface area (TPSA) is 66.9 Å². The van der Waals surface area contributed by atoms with Gasteiger partial charge in [-0.25, -0.2) is 0 Å². The SMILES string of the molecule is CC(C)CNc1nnc(SCC(=O)N[C@@H](C)c2ccc(Cl)cc2Cl)s1. The van der Waals surface area contributed by atoms with E-state index in [-0.39, 0.29) is 17.7 Å². The lowest BCUT2D eigenvalue weighted by Crippen LogP contribution is -2.28. The van der Waals surface area contributed by atoms with E-state index in [1.54, 1.807) is 12.1 Å². The van der Waals surface area contributed by atoms with Crippen molar-refractivity contribution in [1.29, 1.82) is 0 Å². The average molecular weight is 419 g/mol. The fraction of sp³-hybridized carbons (Fsp3) is 0.438. The predicted octanol–water partition coefficient (Wildman–Crippen LogP) is 4.88. The van der Waals surface area contributed by atoms with Crippen molar-refractivity contribution >= 4 is 57.3 Å². The summed E-state index contributed by atoms with van der Waals surface area (Å²) in [5, 5.41) is 16.2. The van der Waals surface area contributed by atoms with Gasteiger partial charge in [0, 0.05) is 16.6 Å².